The van der Waals surface area contributed by atoms with Crippen molar-refractivity contribution >= 4 is 39.3 Å². The van der Waals surface area contributed by atoms with Crippen LogP contribution in [0.1, 0.15) is 5.56 Å². The number of anilines is 1. The first-order valence-electron chi connectivity index (χ1n) is 6.00. The van der Waals surface area contributed by atoms with E-state index >= 15 is 0 Å². The summed E-state index contributed by atoms with van der Waals surface area (Å²) >= 11 is 9.27. The number of nitrogens with zero attached hydrogens (tertiary/aromatic N) is 1. The fourth-order valence-electron chi connectivity index (χ4n) is 1.57. The normalized spacial score (nSPS) is 10.1. The Kier molecular flexibility index (Phi) is 5.38. The first-order chi connectivity index (χ1) is 9.65. The number of nitrogens with one attached hydrogen (secondary N) is 2. The van der Waals surface area contributed by atoms with Crippen molar-refractivity contribution in [1.29, 1.82) is 0 Å². The molecule has 1 amide bonds. The Bertz CT molecular complexity index is 592. The minimum atomic E-state index is -0.116. The second-order valence-corrected chi connectivity index (χ2v) is 5.42. The molecule has 0 unspecified atom stereocenters. The van der Waals surface area contributed by atoms with Gasteiger partial charge in [0.1, 0.15) is 5.82 Å². The van der Waals surface area contributed by atoms with Gasteiger partial charge >= 0.3 is 0 Å². The number of rotatable bonds is 5. The van der Waals surface area contributed by atoms with Crippen LogP contribution in [0, 0.1) is 0 Å². The highest BCUT2D eigenvalue weighted by Crippen LogP contribution is 2.22. The SMILES string of the molecule is O=C(CNc1ncc(Br)cc1Cl)NCc1ccccc1. The van der Waals surface area contributed by atoms with E-state index in [1.807, 2.05) is 30.3 Å². The quantitative estimate of drug-likeness (QED) is 0.867. The van der Waals surface area contributed by atoms with Crippen LogP contribution in [-0.2, 0) is 11.3 Å². The van der Waals surface area contributed by atoms with Gasteiger partial charge in [-0.1, -0.05) is 41.9 Å². The predicted octanol–water partition coefficient (Wildman–Crippen LogP) is 3.23. The van der Waals surface area contributed by atoms with Crippen molar-refractivity contribution in [3.8, 4) is 0 Å². The third kappa shape index (κ3) is 4.51. The summed E-state index contributed by atoms with van der Waals surface area (Å²) in [6.45, 7) is 0.629. The molecule has 6 heteroatoms. The molecule has 1 aromatic carbocycles. The van der Waals surface area contributed by atoms with Gasteiger partial charge in [-0.25, -0.2) is 4.98 Å². The van der Waals surface area contributed by atoms with Crippen molar-refractivity contribution in [1.82, 2.24) is 10.3 Å². The molecule has 0 fully saturated rings. The minimum Gasteiger partial charge on any atom is -0.360 e. The van der Waals surface area contributed by atoms with Crippen LogP contribution < -0.4 is 10.6 Å². The highest BCUT2D eigenvalue weighted by molar-refractivity contribution is 9.10. The first-order valence-corrected chi connectivity index (χ1v) is 7.18. The van der Waals surface area contributed by atoms with Gasteiger partial charge in [0.05, 0.1) is 11.6 Å². The molecular formula is C14H13BrClN3O. The lowest BCUT2D eigenvalue weighted by atomic mass is 10.2. The Morgan fingerprint density at radius 2 is 2.05 bits per heavy atom. The monoisotopic (exact) mass is 353 g/mol. The number of carbonyl (C=O) groups is 1. The van der Waals surface area contributed by atoms with E-state index in [2.05, 4.69) is 31.5 Å². The lowest BCUT2D eigenvalue weighted by Gasteiger charge is -2.08. The van der Waals surface area contributed by atoms with Gasteiger partial charge in [-0.2, -0.15) is 0 Å². The molecule has 0 spiro atoms. The van der Waals surface area contributed by atoms with Crippen LogP contribution >= 0.6 is 27.5 Å². The molecule has 0 aliphatic heterocycles. The van der Waals surface area contributed by atoms with Gasteiger partial charge in [0, 0.05) is 17.2 Å². The van der Waals surface area contributed by atoms with Gasteiger partial charge in [0.15, 0.2) is 0 Å². The molecule has 104 valence electrons. The largest absolute Gasteiger partial charge is 0.360 e. The summed E-state index contributed by atoms with van der Waals surface area (Å²) in [7, 11) is 0. The van der Waals surface area contributed by atoms with Gasteiger partial charge in [0.2, 0.25) is 5.91 Å². The van der Waals surface area contributed by atoms with Crippen molar-refractivity contribution in [2.75, 3.05) is 11.9 Å². The van der Waals surface area contributed by atoms with E-state index in [0.717, 1.165) is 10.0 Å². The van der Waals surface area contributed by atoms with E-state index in [0.29, 0.717) is 17.4 Å². The molecule has 1 aromatic heterocycles. The average molecular weight is 355 g/mol. The van der Waals surface area contributed by atoms with Crippen LogP contribution in [0.3, 0.4) is 0 Å². The number of benzene rings is 1. The third-order valence-corrected chi connectivity index (χ3v) is 3.28. The highest BCUT2D eigenvalue weighted by atomic mass is 79.9. The van der Waals surface area contributed by atoms with Crippen LogP contribution in [0.25, 0.3) is 0 Å². The second kappa shape index (κ2) is 7.26. The zero-order valence-corrected chi connectivity index (χ0v) is 12.9. The molecule has 2 N–H and O–H groups in total. The number of pyridine rings is 1. The van der Waals surface area contributed by atoms with Crippen LogP contribution in [0.2, 0.25) is 5.02 Å². The number of hydrogen-bond donors (Lipinski definition) is 2. The maximum atomic E-state index is 11.7. The van der Waals surface area contributed by atoms with Crippen molar-refractivity contribution in [2.45, 2.75) is 6.54 Å². The van der Waals surface area contributed by atoms with Gasteiger partial charge in [-0.15, -0.1) is 0 Å². The van der Waals surface area contributed by atoms with Crippen LogP contribution in [0.5, 0.6) is 0 Å². The fourth-order valence-corrected chi connectivity index (χ4v) is 2.26. The van der Waals surface area contributed by atoms with Gasteiger partial charge < -0.3 is 10.6 Å². The Morgan fingerprint density at radius 1 is 1.30 bits per heavy atom. The summed E-state index contributed by atoms with van der Waals surface area (Å²) in [6.07, 6.45) is 1.62. The number of amides is 1. The zero-order valence-electron chi connectivity index (χ0n) is 10.6. The van der Waals surface area contributed by atoms with E-state index < -0.39 is 0 Å². The van der Waals surface area contributed by atoms with Crippen LogP contribution in [0.4, 0.5) is 5.82 Å². The maximum absolute atomic E-state index is 11.7. The maximum Gasteiger partial charge on any atom is 0.239 e. The molecule has 0 radical (unpaired) electrons. The number of halogens is 2. The van der Waals surface area contributed by atoms with E-state index in [9.17, 15) is 4.79 Å². The van der Waals surface area contributed by atoms with E-state index in [-0.39, 0.29) is 12.5 Å². The number of hydrogen-bond acceptors (Lipinski definition) is 3. The Hall–Kier alpha value is -1.59. The van der Waals surface area contributed by atoms with Crippen molar-refractivity contribution in [3.63, 3.8) is 0 Å². The van der Waals surface area contributed by atoms with Crippen molar-refractivity contribution < 1.29 is 4.79 Å². The molecule has 1 heterocycles. The molecule has 0 saturated heterocycles. The van der Waals surface area contributed by atoms with Crippen LogP contribution in [0.15, 0.2) is 47.1 Å². The molecule has 0 saturated carbocycles. The second-order valence-electron chi connectivity index (χ2n) is 4.10. The van der Waals surface area contributed by atoms with E-state index in [1.54, 1.807) is 12.3 Å². The van der Waals surface area contributed by atoms with E-state index in [4.69, 9.17) is 11.6 Å². The molecule has 0 bridgehead atoms. The van der Waals surface area contributed by atoms with Gasteiger partial charge in [-0.3, -0.25) is 4.79 Å². The average Bonchev–Trinajstić information content (AvgIpc) is 2.45. The summed E-state index contributed by atoms with van der Waals surface area (Å²) in [5, 5.41) is 6.19. The van der Waals surface area contributed by atoms with Gasteiger partial charge in [0.25, 0.3) is 0 Å². The Morgan fingerprint density at radius 3 is 2.75 bits per heavy atom. The van der Waals surface area contributed by atoms with Crippen molar-refractivity contribution in [3.05, 3.63) is 57.7 Å². The topological polar surface area (TPSA) is 54.0 Å². The molecular weight excluding hydrogens is 342 g/mol. The van der Waals surface area contributed by atoms with Crippen LogP contribution in [-0.4, -0.2) is 17.4 Å². The minimum absolute atomic E-state index is 0.116. The molecule has 20 heavy (non-hydrogen) atoms. The first kappa shape index (κ1) is 14.8. The summed E-state index contributed by atoms with van der Waals surface area (Å²) in [6, 6.07) is 11.4. The molecule has 2 aromatic rings. The summed E-state index contributed by atoms with van der Waals surface area (Å²) in [5.74, 6) is 0.374. The molecule has 2 rings (SSSR count). The Labute approximate surface area is 130 Å². The molecule has 0 aliphatic rings. The lowest BCUT2D eigenvalue weighted by molar-refractivity contribution is -0.119. The number of carbonyl (C=O) groups excluding carboxylic acids is 1. The zero-order chi connectivity index (χ0) is 14.4. The highest BCUT2D eigenvalue weighted by Gasteiger charge is 2.05. The van der Waals surface area contributed by atoms with Gasteiger partial charge in [-0.05, 0) is 27.6 Å². The summed E-state index contributed by atoms with van der Waals surface area (Å²) in [5.41, 5.74) is 1.06. The smallest absolute Gasteiger partial charge is 0.239 e. The third-order valence-electron chi connectivity index (χ3n) is 2.56. The number of aromatic nitrogens is 1. The lowest BCUT2D eigenvalue weighted by Crippen LogP contribution is -2.29. The molecule has 0 aliphatic carbocycles. The molecule has 4 nitrogen and oxygen atoms in total. The van der Waals surface area contributed by atoms with E-state index in [1.165, 1.54) is 0 Å². The fraction of sp³-hybridized carbons (Fsp3) is 0.143. The summed E-state index contributed by atoms with van der Waals surface area (Å²) < 4.78 is 0.793. The van der Waals surface area contributed by atoms with Crippen molar-refractivity contribution in [2.24, 2.45) is 0 Å². The summed E-state index contributed by atoms with van der Waals surface area (Å²) in [4.78, 5) is 15.8. The molecule has 0 atom stereocenters. The Balaban J connectivity index is 1.80. The predicted molar refractivity (Wildman–Crippen MR) is 83.7 cm³/mol. The standard InChI is InChI=1S/C14H13BrClN3O/c15-11-6-12(16)14(18-8-11)19-9-13(20)17-7-10-4-2-1-3-5-10/h1-6,8H,7,9H2,(H,17,20)(H,18,19).